The molecule has 3 rings (SSSR count). The number of ether oxygens (including phenoxy) is 3. The number of hydrogen-bond acceptors (Lipinski definition) is 6. The highest BCUT2D eigenvalue weighted by molar-refractivity contribution is 7.98. The van der Waals surface area contributed by atoms with Crippen LogP contribution in [0.25, 0.3) is 0 Å². The molecule has 0 aliphatic carbocycles. The Balaban J connectivity index is 1.67. The van der Waals surface area contributed by atoms with Gasteiger partial charge in [-0.25, -0.2) is 4.79 Å². The third kappa shape index (κ3) is 6.45. The number of nitrogens with one attached hydrogen (secondary N) is 1. The summed E-state index contributed by atoms with van der Waals surface area (Å²) < 4.78 is 16.8. The van der Waals surface area contributed by atoms with Crippen molar-refractivity contribution in [1.82, 2.24) is 5.32 Å². The molecule has 1 aliphatic rings. The molecule has 2 aromatic rings. The Kier molecular flexibility index (Phi) is 8.75. The fourth-order valence-electron chi connectivity index (χ4n) is 2.99. The van der Waals surface area contributed by atoms with E-state index in [0.29, 0.717) is 58.1 Å². The van der Waals surface area contributed by atoms with Gasteiger partial charge in [0, 0.05) is 6.42 Å². The van der Waals surface area contributed by atoms with Crippen LogP contribution in [-0.2, 0) is 16.1 Å². The van der Waals surface area contributed by atoms with Gasteiger partial charge in [-0.2, -0.15) is 11.8 Å². The van der Waals surface area contributed by atoms with Gasteiger partial charge in [-0.15, -0.1) is 0 Å². The molecule has 1 amide bonds. The number of rotatable bonds is 8. The number of esters is 1. The van der Waals surface area contributed by atoms with Crippen LogP contribution in [0.15, 0.2) is 36.4 Å². The van der Waals surface area contributed by atoms with Crippen molar-refractivity contribution in [2.75, 3.05) is 25.2 Å². The molecule has 0 aromatic heterocycles. The quantitative estimate of drug-likeness (QED) is 0.546. The molecule has 1 heterocycles. The summed E-state index contributed by atoms with van der Waals surface area (Å²) in [5.41, 5.74) is 0.976. The van der Waals surface area contributed by atoms with Crippen molar-refractivity contribution in [3.05, 3.63) is 57.6 Å². The molecular weight excluding hydrogens is 461 g/mol. The predicted molar refractivity (Wildman–Crippen MR) is 123 cm³/mol. The number of fused-ring (bicyclic) bond motifs is 1. The first-order valence-electron chi connectivity index (χ1n) is 9.78. The zero-order valence-corrected chi connectivity index (χ0v) is 19.3. The summed E-state index contributed by atoms with van der Waals surface area (Å²) >= 11 is 14.0. The first kappa shape index (κ1) is 23.6. The molecule has 2 aromatic carbocycles. The molecule has 1 N–H and O–H groups in total. The van der Waals surface area contributed by atoms with Gasteiger partial charge in [0.15, 0.2) is 11.5 Å². The summed E-state index contributed by atoms with van der Waals surface area (Å²) in [7, 11) is 0. The Labute approximate surface area is 195 Å². The molecule has 31 heavy (non-hydrogen) atoms. The first-order chi connectivity index (χ1) is 15.0. The van der Waals surface area contributed by atoms with E-state index in [1.54, 1.807) is 48.2 Å². The summed E-state index contributed by atoms with van der Waals surface area (Å²) in [6, 6.07) is 9.31. The Bertz CT molecular complexity index is 940. The summed E-state index contributed by atoms with van der Waals surface area (Å²) in [6.45, 7) is 1.05. The highest BCUT2D eigenvalue weighted by atomic mass is 35.5. The second-order valence-corrected chi connectivity index (χ2v) is 8.65. The largest absolute Gasteiger partial charge is 0.489 e. The van der Waals surface area contributed by atoms with Gasteiger partial charge in [-0.3, -0.25) is 4.79 Å². The predicted octanol–water partition coefficient (Wildman–Crippen LogP) is 4.75. The van der Waals surface area contributed by atoms with Crippen LogP contribution in [0, 0.1) is 0 Å². The number of amides is 1. The van der Waals surface area contributed by atoms with Gasteiger partial charge in [0.2, 0.25) is 0 Å². The molecule has 166 valence electrons. The van der Waals surface area contributed by atoms with E-state index < -0.39 is 17.9 Å². The summed E-state index contributed by atoms with van der Waals surface area (Å²) in [4.78, 5) is 25.3. The van der Waals surface area contributed by atoms with Gasteiger partial charge < -0.3 is 19.5 Å². The second-order valence-electron chi connectivity index (χ2n) is 6.85. The van der Waals surface area contributed by atoms with E-state index in [-0.39, 0.29) is 6.61 Å². The maximum Gasteiger partial charge on any atom is 0.329 e. The monoisotopic (exact) mass is 483 g/mol. The number of thioether (sulfide) groups is 1. The lowest BCUT2D eigenvalue weighted by atomic mass is 10.1. The summed E-state index contributed by atoms with van der Waals surface area (Å²) in [6.07, 6.45) is 3.12. The molecule has 0 fully saturated rings. The Morgan fingerprint density at radius 3 is 2.71 bits per heavy atom. The molecule has 1 atom stereocenters. The maximum absolute atomic E-state index is 12.7. The zero-order valence-electron chi connectivity index (χ0n) is 17.0. The van der Waals surface area contributed by atoms with Crippen LogP contribution in [0.4, 0.5) is 0 Å². The highest BCUT2D eigenvalue weighted by Gasteiger charge is 2.24. The third-order valence-electron chi connectivity index (χ3n) is 4.56. The van der Waals surface area contributed by atoms with E-state index in [2.05, 4.69) is 5.32 Å². The molecule has 0 bridgehead atoms. The topological polar surface area (TPSA) is 73.9 Å². The van der Waals surface area contributed by atoms with Crippen molar-refractivity contribution >= 4 is 46.8 Å². The maximum atomic E-state index is 12.7. The molecule has 9 heteroatoms. The average molecular weight is 484 g/mol. The van der Waals surface area contributed by atoms with E-state index >= 15 is 0 Å². The lowest BCUT2D eigenvalue weighted by molar-refractivity contribution is -0.147. The number of carbonyl (C=O) groups is 2. The van der Waals surface area contributed by atoms with Crippen LogP contribution >= 0.6 is 35.0 Å². The number of carbonyl (C=O) groups excluding carboxylic acids is 2. The lowest BCUT2D eigenvalue weighted by Crippen LogP contribution is -2.42. The Hall–Kier alpha value is -2.09. The number of hydrogen-bond donors (Lipinski definition) is 1. The summed E-state index contributed by atoms with van der Waals surface area (Å²) in [5, 5.41) is 3.45. The standard InChI is InChI=1S/C22H23Cl2NO5S/c1-31-10-7-18(25-21(26)15-5-2-3-6-16(15)23)22(27)30-13-14-11-17(24)20-19(12-14)28-8-4-9-29-20/h2-3,5-6,11-12,18H,4,7-10,13H2,1H3,(H,25,26)/t18-/m0/s1. The lowest BCUT2D eigenvalue weighted by Gasteiger charge is -2.18. The average Bonchev–Trinajstić information content (AvgIpc) is 3.01. The fourth-order valence-corrected chi connectivity index (χ4v) is 3.97. The molecule has 6 nitrogen and oxygen atoms in total. The summed E-state index contributed by atoms with van der Waals surface area (Å²) in [5.74, 6) is 0.754. The number of benzene rings is 2. The molecule has 0 spiro atoms. The minimum absolute atomic E-state index is 0.00702. The van der Waals surface area contributed by atoms with Crippen molar-refractivity contribution in [3.8, 4) is 11.5 Å². The highest BCUT2D eigenvalue weighted by Crippen LogP contribution is 2.38. The molecule has 0 unspecified atom stereocenters. The molecule has 0 saturated carbocycles. The molecular formula is C22H23Cl2NO5S. The van der Waals surface area contributed by atoms with Crippen molar-refractivity contribution in [2.45, 2.75) is 25.5 Å². The number of halogens is 2. The van der Waals surface area contributed by atoms with E-state index in [4.69, 9.17) is 37.4 Å². The normalized spacial score (nSPS) is 13.8. The van der Waals surface area contributed by atoms with E-state index in [1.807, 2.05) is 6.26 Å². The SMILES string of the molecule is CSCC[C@H](NC(=O)c1ccccc1Cl)C(=O)OCc1cc(Cl)c2c(c1)OCCCO2. The van der Waals surface area contributed by atoms with Crippen LogP contribution in [0.5, 0.6) is 11.5 Å². The second kappa shape index (κ2) is 11.5. The van der Waals surface area contributed by atoms with Crippen molar-refractivity contribution in [1.29, 1.82) is 0 Å². The van der Waals surface area contributed by atoms with Crippen LogP contribution < -0.4 is 14.8 Å². The van der Waals surface area contributed by atoms with Crippen molar-refractivity contribution < 1.29 is 23.8 Å². The van der Waals surface area contributed by atoms with Crippen molar-refractivity contribution in [2.24, 2.45) is 0 Å². The van der Waals surface area contributed by atoms with Gasteiger partial charge in [-0.05, 0) is 48.3 Å². The minimum atomic E-state index is -0.799. The van der Waals surface area contributed by atoms with Gasteiger partial charge in [0.05, 0.1) is 28.8 Å². The molecule has 0 saturated heterocycles. The molecule has 1 aliphatic heterocycles. The van der Waals surface area contributed by atoms with Gasteiger partial charge in [-0.1, -0.05) is 35.3 Å². The van der Waals surface area contributed by atoms with Crippen LogP contribution in [0.2, 0.25) is 10.0 Å². The van der Waals surface area contributed by atoms with E-state index in [0.717, 1.165) is 6.42 Å². The Morgan fingerprint density at radius 2 is 1.94 bits per heavy atom. The third-order valence-corrected chi connectivity index (χ3v) is 5.82. The van der Waals surface area contributed by atoms with Gasteiger partial charge >= 0.3 is 5.97 Å². The minimum Gasteiger partial charge on any atom is -0.489 e. The van der Waals surface area contributed by atoms with Crippen molar-refractivity contribution in [3.63, 3.8) is 0 Å². The fraction of sp³-hybridized carbons (Fsp3) is 0.364. The van der Waals surface area contributed by atoms with Gasteiger partial charge in [0.1, 0.15) is 12.6 Å². The Morgan fingerprint density at radius 1 is 1.16 bits per heavy atom. The van der Waals surface area contributed by atoms with Crippen LogP contribution in [0.1, 0.15) is 28.8 Å². The van der Waals surface area contributed by atoms with E-state index in [9.17, 15) is 9.59 Å². The van der Waals surface area contributed by atoms with Crippen LogP contribution in [-0.4, -0.2) is 43.1 Å². The van der Waals surface area contributed by atoms with Crippen LogP contribution in [0.3, 0.4) is 0 Å². The molecule has 0 radical (unpaired) electrons. The van der Waals surface area contributed by atoms with Gasteiger partial charge in [0.25, 0.3) is 5.91 Å². The zero-order chi connectivity index (χ0) is 22.2. The smallest absolute Gasteiger partial charge is 0.329 e. The van der Waals surface area contributed by atoms with E-state index in [1.165, 1.54) is 0 Å². The first-order valence-corrected chi connectivity index (χ1v) is 11.9.